The number of aliphatic carboxylic acids is 1. The van der Waals surface area contributed by atoms with Crippen molar-refractivity contribution in [3.05, 3.63) is 66.6 Å². The van der Waals surface area contributed by atoms with Crippen LogP contribution in [0.15, 0.2) is 60.8 Å². The zero-order chi connectivity index (χ0) is 23.0. The van der Waals surface area contributed by atoms with Crippen LogP contribution in [0.2, 0.25) is 0 Å². The third-order valence-electron chi connectivity index (χ3n) is 6.52. The van der Waals surface area contributed by atoms with Crippen LogP contribution in [-0.2, 0) is 4.79 Å². The lowest BCUT2D eigenvalue weighted by Crippen LogP contribution is -2.36. The van der Waals surface area contributed by atoms with Gasteiger partial charge in [0.2, 0.25) is 5.88 Å². The van der Waals surface area contributed by atoms with Crippen LogP contribution in [0.25, 0.3) is 33.5 Å². The van der Waals surface area contributed by atoms with Gasteiger partial charge in [0.15, 0.2) is 0 Å². The van der Waals surface area contributed by atoms with E-state index in [1.54, 1.807) is 25.3 Å². The van der Waals surface area contributed by atoms with Crippen molar-refractivity contribution in [2.45, 2.75) is 38.7 Å². The fraction of sp³-hybridized carbons (Fsp3) is 0.269. The highest BCUT2D eigenvalue weighted by molar-refractivity contribution is 5.80. The molecule has 6 nitrogen and oxygen atoms in total. The van der Waals surface area contributed by atoms with Crippen LogP contribution in [-0.4, -0.2) is 32.1 Å². The summed E-state index contributed by atoms with van der Waals surface area (Å²) in [4.78, 5) is 23.4. The first-order valence-corrected chi connectivity index (χ1v) is 11.0. The Morgan fingerprint density at radius 1 is 1.12 bits per heavy atom. The summed E-state index contributed by atoms with van der Waals surface area (Å²) in [7, 11) is 0. The summed E-state index contributed by atoms with van der Waals surface area (Å²) in [6.07, 6.45) is 4.15. The van der Waals surface area contributed by atoms with E-state index >= 15 is 0 Å². The number of para-hydroxylation sites is 2. The van der Waals surface area contributed by atoms with E-state index in [1.807, 2.05) is 36.4 Å². The number of halogens is 1. The predicted molar refractivity (Wildman–Crippen MR) is 123 cm³/mol. The van der Waals surface area contributed by atoms with Crippen LogP contribution in [0.5, 0.6) is 5.88 Å². The van der Waals surface area contributed by atoms with Gasteiger partial charge in [-0.15, -0.1) is 0 Å². The van der Waals surface area contributed by atoms with Crippen molar-refractivity contribution >= 4 is 17.0 Å². The fourth-order valence-electron chi connectivity index (χ4n) is 4.32. The van der Waals surface area contributed by atoms with E-state index in [0.29, 0.717) is 48.5 Å². The minimum Gasteiger partial charge on any atom is -0.481 e. The molecule has 1 aliphatic rings. The molecule has 0 bridgehead atoms. The lowest BCUT2D eigenvalue weighted by molar-refractivity contribution is -0.150. The highest BCUT2D eigenvalue weighted by atomic mass is 19.1. The molecule has 0 spiro atoms. The number of aromatic nitrogens is 3. The number of hydrogen-bond acceptors (Lipinski definition) is 4. The van der Waals surface area contributed by atoms with Crippen molar-refractivity contribution < 1.29 is 19.0 Å². The highest BCUT2D eigenvalue weighted by Crippen LogP contribution is 2.37. The number of nitrogens with one attached hydrogen (secondary N) is 1. The number of H-pyrrole nitrogens is 1. The van der Waals surface area contributed by atoms with E-state index in [-0.39, 0.29) is 11.9 Å². The standard InChI is InChI=1S/C26H24FN3O3/c1-26(25(31)32)12-10-18(11-13-26)33-23-9-7-17(15-28-23)16-6-8-19(20(27)14-16)24-29-21-4-2-3-5-22(21)30-24/h2-9,14-15,18H,10-13H2,1H3,(H,29,30)(H,31,32). The molecule has 1 fully saturated rings. The number of pyridine rings is 1. The smallest absolute Gasteiger partial charge is 0.309 e. The molecular formula is C26H24FN3O3. The van der Waals surface area contributed by atoms with Gasteiger partial charge >= 0.3 is 5.97 Å². The minimum atomic E-state index is -0.748. The molecule has 168 valence electrons. The summed E-state index contributed by atoms with van der Waals surface area (Å²) in [6, 6.07) is 16.3. The van der Waals surface area contributed by atoms with Gasteiger partial charge < -0.3 is 14.8 Å². The molecule has 5 rings (SSSR count). The number of fused-ring (bicyclic) bond motifs is 1. The van der Waals surface area contributed by atoms with Gasteiger partial charge in [-0.05, 0) is 68.5 Å². The highest BCUT2D eigenvalue weighted by Gasteiger charge is 2.38. The van der Waals surface area contributed by atoms with Crippen LogP contribution in [0.3, 0.4) is 0 Å². The topological polar surface area (TPSA) is 88.1 Å². The quantitative estimate of drug-likeness (QED) is 0.403. The summed E-state index contributed by atoms with van der Waals surface area (Å²) in [5.74, 6) is -0.131. The first kappa shape index (κ1) is 21.1. The number of imidazole rings is 1. The van der Waals surface area contributed by atoms with Gasteiger partial charge in [0.25, 0.3) is 0 Å². The first-order chi connectivity index (χ1) is 15.9. The Hall–Kier alpha value is -3.74. The summed E-state index contributed by atoms with van der Waals surface area (Å²) in [5, 5.41) is 9.36. The number of hydrogen-bond donors (Lipinski definition) is 2. The second-order valence-electron chi connectivity index (χ2n) is 8.87. The Kier molecular flexibility index (Phi) is 5.32. The Labute approximate surface area is 190 Å². The summed E-state index contributed by atoms with van der Waals surface area (Å²) in [5.41, 5.74) is 2.88. The Morgan fingerprint density at radius 2 is 1.88 bits per heavy atom. The largest absolute Gasteiger partial charge is 0.481 e. The van der Waals surface area contributed by atoms with Crippen molar-refractivity contribution in [1.82, 2.24) is 15.0 Å². The molecule has 0 saturated heterocycles. The van der Waals surface area contributed by atoms with E-state index in [1.165, 1.54) is 6.07 Å². The Morgan fingerprint density at radius 3 is 2.55 bits per heavy atom. The molecule has 0 unspecified atom stereocenters. The molecule has 1 saturated carbocycles. The molecule has 33 heavy (non-hydrogen) atoms. The van der Waals surface area contributed by atoms with Crippen molar-refractivity contribution in [2.24, 2.45) is 5.41 Å². The molecule has 2 heterocycles. The Balaban J connectivity index is 1.28. The molecule has 2 N–H and O–H groups in total. The van der Waals surface area contributed by atoms with Gasteiger partial charge in [-0.25, -0.2) is 14.4 Å². The monoisotopic (exact) mass is 445 g/mol. The zero-order valence-corrected chi connectivity index (χ0v) is 18.2. The third-order valence-corrected chi connectivity index (χ3v) is 6.52. The molecule has 0 aliphatic heterocycles. The van der Waals surface area contributed by atoms with E-state index in [9.17, 15) is 14.3 Å². The molecule has 2 aromatic carbocycles. The summed E-state index contributed by atoms with van der Waals surface area (Å²) in [6.45, 7) is 1.79. The second-order valence-corrected chi connectivity index (χ2v) is 8.87. The SMILES string of the molecule is CC1(C(=O)O)CCC(Oc2ccc(-c3ccc(-c4nc5ccccc5[nH]4)c(F)c3)cn2)CC1. The molecule has 2 aromatic heterocycles. The van der Waals surface area contributed by atoms with Crippen molar-refractivity contribution in [2.75, 3.05) is 0 Å². The van der Waals surface area contributed by atoms with Gasteiger partial charge in [0.05, 0.1) is 22.0 Å². The van der Waals surface area contributed by atoms with Gasteiger partial charge in [-0.2, -0.15) is 0 Å². The Bertz CT molecular complexity index is 1280. The number of nitrogens with zero attached hydrogens (tertiary/aromatic N) is 2. The number of ether oxygens (including phenoxy) is 1. The van der Waals surface area contributed by atoms with Gasteiger partial charge in [-0.3, -0.25) is 4.79 Å². The lowest BCUT2D eigenvalue weighted by Gasteiger charge is -2.33. The summed E-state index contributed by atoms with van der Waals surface area (Å²) < 4.78 is 20.9. The number of aromatic amines is 1. The first-order valence-electron chi connectivity index (χ1n) is 11.0. The van der Waals surface area contributed by atoms with Crippen molar-refractivity contribution in [3.63, 3.8) is 0 Å². The number of carboxylic acid groups (broad SMARTS) is 1. The fourth-order valence-corrected chi connectivity index (χ4v) is 4.32. The zero-order valence-electron chi connectivity index (χ0n) is 18.2. The maximum Gasteiger partial charge on any atom is 0.309 e. The van der Waals surface area contributed by atoms with E-state index < -0.39 is 11.4 Å². The molecule has 0 atom stereocenters. The number of benzene rings is 2. The molecular weight excluding hydrogens is 421 g/mol. The molecule has 1 aliphatic carbocycles. The molecule has 7 heteroatoms. The summed E-state index contributed by atoms with van der Waals surface area (Å²) >= 11 is 0. The van der Waals surface area contributed by atoms with E-state index in [2.05, 4.69) is 15.0 Å². The van der Waals surface area contributed by atoms with Crippen LogP contribution < -0.4 is 4.74 Å². The third kappa shape index (κ3) is 4.18. The van der Waals surface area contributed by atoms with Crippen LogP contribution in [0, 0.1) is 11.2 Å². The van der Waals surface area contributed by atoms with Gasteiger partial charge in [0.1, 0.15) is 17.7 Å². The number of carboxylic acids is 1. The molecule has 0 radical (unpaired) electrons. The van der Waals surface area contributed by atoms with E-state index in [4.69, 9.17) is 4.74 Å². The van der Waals surface area contributed by atoms with E-state index in [0.717, 1.165) is 16.6 Å². The van der Waals surface area contributed by atoms with Crippen molar-refractivity contribution in [1.29, 1.82) is 0 Å². The average molecular weight is 445 g/mol. The minimum absolute atomic E-state index is 0.0451. The molecule has 4 aromatic rings. The normalized spacial score (nSPS) is 20.6. The maximum atomic E-state index is 14.9. The second kappa shape index (κ2) is 8.31. The lowest BCUT2D eigenvalue weighted by atomic mass is 9.75. The number of carbonyl (C=O) groups is 1. The molecule has 0 amide bonds. The van der Waals surface area contributed by atoms with Crippen molar-refractivity contribution in [3.8, 4) is 28.4 Å². The van der Waals surface area contributed by atoms with Crippen LogP contribution >= 0.6 is 0 Å². The number of rotatable bonds is 5. The maximum absolute atomic E-state index is 14.9. The predicted octanol–water partition coefficient (Wildman–Crippen LogP) is 5.84. The van der Waals surface area contributed by atoms with Gasteiger partial charge in [-0.1, -0.05) is 18.2 Å². The van der Waals surface area contributed by atoms with Crippen LogP contribution in [0.1, 0.15) is 32.6 Å². The average Bonchev–Trinajstić information content (AvgIpc) is 3.25. The van der Waals surface area contributed by atoms with Crippen LogP contribution in [0.4, 0.5) is 4.39 Å². The van der Waals surface area contributed by atoms with Gasteiger partial charge in [0, 0.05) is 17.8 Å².